The summed E-state index contributed by atoms with van der Waals surface area (Å²) in [6.07, 6.45) is 15.3. The van der Waals surface area contributed by atoms with Crippen LogP contribution in [0, 0.1) is 0 Å². The summed E-state index contributed by atoms with van der Waals surface area (Å²) >= 11 is 2.64. The van der Waals surface area contributed by atoms with Crippen LogP contribution in [0.5, 0.6) is 0 Å². The lowest BCUT2D eigenvalue weighted by Crippen LogP contribution is -2.11. The summed E-state index contributed by atoms with van der Waals surface area (Å²) in [4.78, 5) is 31.7. The van der Waals surface area contributed by atoms with Gasteiger partial charge in [-0.05, 0) is 61.0 Å². The Morgan fingerprint density at radius 2 is 1.07 bits per heavy atom. The predicted molar refractivity (Wildman–Crippen MR) is 121 cm³/mol. The highest BCUT2D eigenvalue weighted by Gasteiger charge is 2.21. The van der Waals surface area contributed by atoms with Crippen molar-refractivity contribution in [2.24, 2.45) is 0 Å². The number of allylic oxidation sites excluding steroid dienone is 4. The van der Waals surface area contributed by atoms with Crippen LogP contribution in [-0.2, 0) is 0 Å². The van der Waals surface area contributed by atoms with E-state index in [1.54, 1.807) is 12.1 Å². The molecule has 0 saturated carbocycles. The quantitative estimate of drug-likeness (QED) is 0.328. The average Bonchev–Trinajstić information content (AvgIpc) is 3.30. The molecule has 0 bridgehead atoms. The van der Waals surface area contributed by atoms with Gasteiger partial charge >= 0.3 is 0 Å². The first kappa shape index (κ1) is 21.6. The topological polar surface area (TPSA) is 40.6 Å². The number of rotatable bonds is 9. The van der Waals surface area contributed by atoms with Crippen LogP contribution in [0.1, 0.15) is 29.1 Å². The van der Waals surface area contributed by atoms with E-state index in [0.717, 1.165) is 9.75 Å². The molecule has 146 valence electrons. The monoisotopic (exact) mass is 412 g/mol. The van der Waals surface area contributed by atoms with Gasteiger partial charge in [0.25, 0.3) is 0 Å². The van der Waals surface area contributed by atoms with Crippen molar-refractivity contribution in [2.75, 3.05) is 28.2 Å². The first-order chi connectivity index (χ1) is 13.4. The molecule has 0 fully saturated rings. The number of nitrogens with zero attached hydrogens (tertiary/aromatic N) is 2. The molecule has 0 N–H and O–H groups in total. The summed E-state index contributed by atoms with van der Waals surface area (Å²) in [6.45, 7) is 0. The minimum absolute atomic E-state index is 0.459. The SMILES string of the molecule is CN(C)C=CC=Cc1ccc(C(=O)C(=O)c2ccc(C=CC=CN(C)C)s2)s1. The fourth-order valence-corrected chi connectivity index (χ4v) is 3.81. The molecule has 0 saturated heterocycles. The fraction of sp³-hybridized carbons (Fsp3) is 0.182. The largest absolute Gasteiger partial charge is 0.383 e. The van der Waals surface area contributed by atoms with Gasteiger partial charge in [0.15, 0.2) is 0 Å². The van der Waals surface area contributed by atoms with Crippen LogP contribution in [0.4, 0.5) is 0 Å². The third-order valence-corrected chi connectivity index (χ3v) is 5.52. The average molecular weight is 413 g/mol. The van der Waals surface area contributed by atoms with Crippen molar-refractivity contribution in [3.05, 3.63) is 80.5 Å². The second-order valence-corrected chi connectivity index (χ2v) is 8.62. The second kappa shape index (κ2) is 10.6. The van der Waals surface area contributed by atoms with Crippen molar-refractivity contribution in [3.8, 4) is 0 Å². The van der Waals surface area contributed by atoms with Gasteiger partial charge in [0.05, 0.1) is 9.75 Å². The summed E-state index contributed by atoms with van der Waals surface area (Å²) in [5.74, 6) is -0.920. The van der Waals surface area contributed by atoms with Gasteiger partial charge in [0, 0.05) is 37.9 Å². The van der Waals surface area contributed by atoms with Crippen molar-refractivity contribution < 1.29 is 9.59 Å². The number of hydrogen-bond acceptors (Lipinski definition) is 6. The molecule has 2 rings (SSSR count). The molecular weight excluding hydrogens is 388 g/mol. The summed E-state index contributed by atoms with van der Waals surface area (Å²) < 4.78 is 0. The van der Waals surface area contributed by atoms with Crippen LogP contribution < -0.4 is 0 Å². The summed E-state index contributed by atoms with van der Waals surface area (Å²) in [5.41, 5.74) is 0. The lowest BCUT2D eigenvalue weighted by atomic mass is 10.2. The molecule has 28 heavy (non-hydrogen) atoms. The molecule has 2 aromatic rings. The molecule has 4 nitrogen and oxygen atoms in total. The molecule has 0 amide bonds. The summed E-state index contributed by atoms with van der Waals surface area (Å²) in [6, 6.07) is 7.12. The van der Waals surface area contributed by atoms with E-state index in [1.165, 1.54) is 22.7 Å². The van der Waals surface area contributed by atoms with E-state index in [4.69, 9.17) is 0 Å². The predicted octanol–water partition coefficient (Wildman–Crippen LogP) is 5.05. The molecule has 0 aliphatic carbocycles. The Morgan fingerprint density at radius 1 is 0.679 bits per heavy atom. The van der Waals surface area contributed by atoms with E-state index in [-0.39, 0.29) is 0 Å². The first-order valence-electron chi connectivity index (χ1n) is 8.68. The number of hydrogen-bond donors (Lipinski definition) is 0. The Bertz CT molecular complexity index is 852. The number of Topliss-reactive ketones (excluding diaryl/α,β-unsaturated/α-hetero) is 2. The Labute approximate surface area is 174 Å². The lowest BCUT2D eigenvalue weighted by Gasteiger charge is -2.00. The molecule has 2 heterocycles. The number of thiophene rings is 2. The fourth-order valence-electron chi connectivity index (χ4n) is 2.10. The third kappa shape index (κ3) is 6.79. The molecule has 0 aromatic carbocycles. The van der Waals surface area contributed by atoms with Crippen LogP contribution in [0.25, 0.3) is 12.2 Å². The van der Waals surface area contributed by atoms with E-state index in [0.29, 0.717) is 9.75 Å². The second-order valence-electron chi connectivity index (χ2n) is 6.39. The van der Waals surface area contributed by atoms with Crippen LogP contribution in [0.2, 0.25) is 0 Å². The van der Waals surface area contributed by atoms with Gasteiger partial charge < -0.3 is 9.80 Å². The summed E-state index contributed by atoms with van der Waals surface area (Å²) in [7, 11) is 7.79. The van der Waals surface area contributed by atoms with E-state index < -0.39 is 11.6 Å². The number of ketones is 2. The van der Waals surface area contributed by atoms with Crippen molar-refractivity contribution in [3.63, 3.8) is 0 Å². The standard InChI is InChI=1S/C22H24N2O2S2/c1-23(2)15-7-5-9-17-11-13-19(27-17)21(25)22(26)20-14-12-18(28-20)10-6-8-16-24(3)4/h5-16H,1-4H3. The van der Waals surface area contributed by atoms with Crippen LogP contribution >= 0.6 is 22.7 Å². The maximum atomic E-state index is 12.5. The van der Waals surface area contributed by atoms with Gasteiger partial charge in [0.2, 0.25) is 11.6 Å². The molecule has 0 aliphatic heterocycles. The molecule has 0 radical (unpaired) electrons. The van der Waals surface area contributed by atoms with Crippen molar-refractivity contribution >= 4 is 46.4 Å². The van der Waals surface area contributed by atoms with Gasteiger partial charge in [0.1, 0.15) is 0 Å². The smallest absolute Gasteiger partial charge is 0.244 e. The van der Waals surface area contributed by atoms with E-state index >= 15 is 0 Å². The van der Waals surface area contributed by atoms with Crippen LogP contribution in [-0.4, -0.2) is 49.6 Å². The Hall–Kier alpha value is -2.70. The van der Waals surface area contributed by atoms with E-state index in [9.17, 15) is 9.59 Å². The minimum Gasteiger partial charge on any atom is -0.383 e. The third-order valence-electron chi connectivity index (χ3n) is 3.42. The van der Waals surface area contributed by atoms with Crippen molar-refractivity contribution in [1.82, 2.24) is 9.80 Å². The normalized spacial score (nSPS) is 12.0. The number of carbonyl (C=O) groups is 2. The molecular formula is C22H24N2O2S2. The van der Waals surface area contributed by atoms with Crippen molar-refractivity contribution in [2.45, 2.75) is 0 Å². The maximum Gasteiger partial charge on any atom is 0.244 e. The molecule has 0 aliphatic rings. The van der Waals surface area contributed by atoms with Gasteiger partial charge in [-0.25, -0.2) is 0 Å². The molecule has 2 aromatic heterocycles. The Morgan fingerprint density at radius 3 is 1.43 bits per heavy atom. The highest BCUT2D eigenvalue weighted by molar-refractivity contribution is 7.18. The van der Waals surface area contributed by atoms with Crippen molar-refractivity contribution in [1.29, 1.82) is 0 Å². The van der Waals surface area contributed by atoms with Crippen LogP contribution in [0.3, 0.4) is 0 Å². The Balaban J connectivity index is 2.02. The zero-order valence-corrected chi connectivity index (χ0v) is 18.1. The molecule has 0 atom stereocenters. The number of carbonyl (C=O) groups excluding carboxylic acids is 2. The van der Waals surface area contributed by atoms with Gasteiger partial charge in [-0.15, -0.1) is 22.7 Å². The molecule has 0 spiro atoms. The lowest BCUT2D eigenvalue weighted by molar-refractivity contribution is 0.0821. The molecule has 6 heteroatoms. The molecule has 0 unspecified atom stereocenters. The highest BCUT2D eigenvalue weighted by atomic mass is 32.1. The minimum atomic E-state index is -0.460. The van der Waals surface area contributed by atoms with E-state index in [2.05, 4.69) is 0 Å². The van der Waals surface area contributed by atoms with Crippen LogP contribution in [0.15, 0.2) is 61.0 Å². The zero-order valence-electron chi connectivity index (χ0n) is 16.5. The van der Waals surface area contributed by atoms with Gasteiger partial charge in [-0.1, -0.05) is 12.2 Å². The zero-order chi connectivity index (χ0) is 20.5. The van der Waals surface area contributed by atoms with E-state index in [1.807, 2.05) is 99.0 Å². The van der Waals surface area contributed by atoms with Gasteiger partial charge in [-0.2, -0.15) is 0 Å². The Kier molecular flexibility index (Phi) is 8.17. The highest BCUT2D eigenvalue weighted by Crippen LogP contribution is 2.23. The maximum absolute atomic E-state index is 12.5. The first-order valence-corrected chi connectivity index (χ1v) is 10.3. The van der Waals surface area contributed by atoms with Gasteiger partial charge in [-0.3, -0.25) is 9.59 Å². The summed E-state index contributed by atoms with van der Waals surface area (Å²) in [5, 5.41) is 0.